The van der Waals surface area contributed by atoms with E-state index >= 15 is 0 Å². The lowest BCUT2D eigenvalue weighted by molar-refractivity contribution is -0.139. The molecule has 1 aromatic carbocycles. The van der Waals surface area contributed by atoms with Crippen molar-refractivity contribution in [1.82, 2.24) is 0 Å². The van der Waals surface area contributed by atoms with E-state index in [2.05, 4.69) is 0 Å². The second-order valence-corrected chi connectivity index (χ2v) is 5.01. The Morgan fingerprint density at radius 2 is 2.12 bits per heavy atom. The fourth-order valence-electron chi connectivity index (χ4n) is 2.60. The summed E-state index contributed by atoms with van der Waals surface area (Å²) in [6.07, 6.45) is 0. The summed E-state index contributed by atoms with van der Waals surface area (Å²) in [5.41, 5.74) is 0.410. The fraction of sp³-hybridized carbons (Fsp3) is 0.462. The average molecular weight is 238 g/mol. The number of hydrogen-bond donors (Lipinski definition) is 1. The third-order valence-corrected chi connectivity index (χ3v) is 3.63. The molecular formula is C13H15FO3. The zero-order valence-corrected chi connectivity index (χ0v) is 10.0. The first-order chi connectivity index (χ1) is 7.89. The van der Waals surface area contributed by atoms with Crippen molar-refractivity contribution in [2.24, 2.45) is 11.3 Å². The second-order valence-electron chi connectivity index (χ2n) is 5.01. The Kier molecular flexibility index (Phi) is 2.60. The van der Waals surface area contributed by atoms with Crippen LogP contribution >= 0.6 is 0 Å². The van der Waals surface area contributed by atoms with E-state index in [1.54, 1.807) is 6.07 Å². The van der Waals surface area contributed by atoms with Crippen molar-refractivity contribution in [2.45, 2.75) is 19.8 Å². The number of carboxylic acids is 1. The van der Waals surface area contributed by atoms with Crippen molar-refractivity contribution in [3.8, 4) is 5.75 Å². The largest absolute Gasteiger partial charge is 0.494 e. The van der Waals surface area contributed by atoms with Crippen molar-refractivity contribution in [1.29, 1.82) is 0 Å². The quantitative estimate of drug-likeness (QED) is 0.880. The Morgan fingerprint density at radius 3 is 2.53 bits per heavy atom. The van der Waals surface area contributed by atoms with Crippen LogP contribution in [0.15, 0.2) is 18.2 Å². The Bertz CT molecular complexity index is 468. The first-order valence-electron chi connectivity index (χ1n) is 5.46. The van der Waals surface area contributed by atoms with Gasteiger partial charge in [-0.1, -0.05) is 19.9 Å². The highest BCUT2D eigenvalue weighted by Gasteiger charge is 2.62. The lowest BCUT2D eigenvalue weighted by Gasteiger charge is -2.06. The minimum atomic E-state index is -0.823. The third kappa shape index (κ3) is 1.77. The zero-order valence-electron chi connectivity index (χ0n) is 10.0. The van der Waals surface area contributed by atoms with Crippen LogP contribution < -0.4 is 4.74 Å². The maximum absolute atomic E-state index is 13.5. The summed E-state index contributed by atoms with van der Waals surface area (Å²) in [4.78, 5) is 11.1. The van der Waals surface area contributed by atoms with Crippen LogP contribution in [0.3, 0.4) is 0 Å². The van der Waals surface area contributed by atoms with E-state index in [-0.39, 0.29) is 17.1 Å². The molecule has 0 bridgehead atoms. The molecule has 0 saturated heterocycles. The van der Waals surface area contributed by atoms with Crippen LogP contribution in [0.1, 0.15) is 25.3 Å². The van der Waals surface area contributed by atoms with Gasteiger partial charge in [-0.15, -0.1) is 0 Å². The zero-order chi connectivity index (χ0) is 12.8. The minimum absolute atomic E-state index is 0.125. The molecule has 3 nitrogen and oxygen atoms in total. The van der Waals surface area contributed by atoms with E-state index in [0.717, 1.165) is 5.56 Å². The number of carboxylic acid groups (broad SMARTS) is 1. The van der Waals surface area contributed by atoms with E-state index in [0.29, 0.717) is 0 Å². The Balaban J connectivity index is 2.31. The van der Waals surface area contributed by atoms with Crippen molar-refractivity contribution in [3.05, 3.63) is 29.6 Å². The highest BCUT2D eigenvalue weighted by Crippen LogP contribution is 2.64. The summed E-state index contributed by atoms with van der Waals surface area (Å²) >= 11 is 0. The topological polar surface area (TPSA) is 46.5 Å². The molecule has 0 aromatic heterocycles. The van der Waals surface area contributed by atoms with Gasteiger partial charge in [0.1, 0.15) is 0 Å². The molecule has 1 saturated carbocycles. The molecule has 1 fully saturated rings. The molecule has 2 atom stereocenters. The normalized spacial score (nSPS) is 25.4. The Morgan fingerprint density at radius 1 is 1.47 bits per heavy atom. The van der Waals surface area contributed by atoms with Crippen molar-refractivity contribution >= 4 is 5.97 Å². The van der Waals surface area contributed by atoms with Crippen LogP contribution in [-0.4, -0.2) is 18.2 Å². The maximum atomic E-state index is 13.5. The number of methoxy groups -OCH3 is 1. The summed E-state index contributed by atoms with van der Waals surface area (Å²) < 4.78 is 18.4. The lowest BCUT2D eigenvalue weighted by atomic mass is 10.0. The monoisotopic (exact) mass is 238 g/mol. The van der Waals surface area contributed by atoms with Gasteiger partial charge < -0.3 is 9.84 Å². The molecule has 2 rings (SSSR count). The predicted octanol–water partition coefficient (Wildman–Crippen LogP) is 2.66. The summed E-state index contributed by atoms with van der Waals surface area (Å²) in [6.45, 7) is 3.77. The van der Waals surface area contributed by atoms with Crippen LogP contribution in [-0.2, 0) is 4.79 Å². The summed E-state index contributed by atoms with van der Waals surface area (Å²) in [7, 11) is 1.40. The third-order valence-electron chi connectivity index (χ3n) is 3.63. The van der Waals surface area contributed by atoms with Gasteiger partial charge in [0.05, 0.1) is 13.0 Å². The lowest BCUT2D eigenvalue weighted by Crippen LogP contribution is -2.03. The second kappa shape index (κ2) is 3.72. The van der Waals surface area contributed by atoms with Gasteiger partial charge in [-0.3, -0.25) is 4.79 Å². The molecule has 4 heteroatoms. The van der Waals surface area contributed by atoms with Gasteiger partial charge in [-0.05, 0) is 23.1 Å². The van der Waals surface area contributed by atoms with Gasteiger partial charge in [0.15, 0.2) is 11.6 Å². The molecular weight excluding hydrogens is 223 g/mol. The van der Waals surface area contributed by atoms with Gasteiger partial charge in [-0.25, -0.2) is 4.39 Å². The number of ether oxygens (including phenoxy) is 1. The first-order valence-corrected chi connectivity index (χ1v) is 5.46. The molecule has 0 unspecified atom stereocenters. The van der Waals surface area contributed by atoms with Crippen molar-refractivity contribution < 1.29 is 19.0 Å². The SMILES string of the molecule is COc1ccc([C@@H]2[C@@H](C(=O)O)C2(C)C)cc1F. The summed E-state index contributed by atoms with van der Waals surface area (Å²) in [5.74, 6) is -1.65. The van der Waals surface area contributed by atoms with Crippen LogP contribution in [0.2, 0.25) is 0 Å². The van der Waals surface area contributed by atoms with E-state index in [9.17, 15) is 9.18 Å². The van der Waals surface area contributed by atoms with Gasteiger partial charge in [-0.2, -0.15) is 0 Å². The Labute approximate surface area is 99.2 Å². The number of rotatable bonds is 3. The molecule has 0 amide bonds. The molecule has 17 heavy (non-hydrogen) atoms. The number of hydrogen-bond acceptors (Lipinski definition) is 2. The molecule has 0 aliphatic heterocycles. The van der Waals surface area contributed by atoms with E-state index < -0.39 is 17.7 Å². The van der Waals surface area contributed by atoms with Crippen molar-refractivity contribution in [2.75, 3.05) is 7.11 Å². The summed E-state index contributed by atoms with van der Waals surface area (Å²) in [5, 5.41) is 9.07. The average Bonchev–Trinajstić information content (AvgIpc) is 2.81. The molecule has 0 heterocycles. The van der Waals surface area contributed by atoms with Gasteiger partial charge in [0.2, 0.25) is 0 Å². The number of aliphatic carboxylic acids is 1. The number of halogens is 1. The van der Waals surface area contributed by atoms with Gasteiger partial charge >= 0.3 is 5.97 Å². The molecule has 1 aliphatic carbocycles. The van der Waals surface area contributed by atoms with Crippen molar-refractivity contribution in [3.63, 3.8) is 0 Å². The fourth-order valence-corrected chi connectivity index (χ4v) is 2.60. The highest BCUT2D eigenvalue weighted by molar-refractivity contribution is 5.77. The van der Waals surface area contributed by atoms with Crippen LogP contribution in [0.5, 0.6) is 5.75 Å². The molecule has 0 spiro atoms. The van der Waals surface area contributed by atoms with Crippen LogP contribution in [0.4, 0.5) is 4.39 Å². The van der Waals surface area contributed by atoms with Crippen LogP contribution in [0.25, 0.3) is 0 Å². The van der Waals surface area contributed by atoms with Gasteiger partial charge in [0, 0.05) is 5.92 Å². The molecule has 1 N–H and O–H groups in total. The Hall–Kier alpha value is -1.58. The molecule has 92 valence electrons. The van der Waals surface area contributed by atoms with E-state index in [1.807, 2.05) is 13.8 Å². The maximum Gasteiger partial charge on any atom is 0.307 e. The predicted molar refractivity (Wildman–Crippen MR) is 60.6 cm³/mol. The van der Waals surface area contributed by atoms with Crippen LogP contribution in [0, 0.1) is 17.2 Å². The standard InChI is InChI=1S/C13H15FO3/c1-13(2)10(11(13)12(15)16)7-4-5-9(17-3)8(14)6-7/h4-6,10-11H,1-3H3,(H,15,16)/t10-,11+/m1/s1. The minimum Gasteiger partial charge on any atom is -0.494 e. The highest BCUT2D eigenvalue weighted by atomic mass is 19.1. The molecule has 1 aliphatic rings. The summed E-state index contributed by atoms with van der Waals surface area (Å²) in [6, 6.07) is 4.64. The van der Waals surface area contributed by atoms with E-state index in [4.69, 9.17) is 9.84 Å². The molecule has 0 radical (unpaired) electrons. The van der Waals surface area contributed by atoms with Gasteiger partial charge in [0.25, 0.3) is 0 Å². The number of benzene rings is 1. The van der Waals surface area contributed by atoms with E-state index in [1.165, 1.54) is 19.2 Å². The smallest absolute Gasteiger partial charge is 0.307 e. The number of carbonyl (C=O) groups is 1. The molecule has 1 aromatic rings. The first kappa shape index (κ1) is 11.9.